The minimum Gasteiger partial charge on any atom is -0.343 e. The zero-order valence-corrected chi connectivity index (χ0v) is 14.3. The Bertz CT molecular complexity index is 272. The van der Waals surface area contributed by atoms with Gasteiger partial charge in [-0.15, -0.1) is 12.4 Å². The highest BCUT2D eigenvalue weighted by atomic mass is 35.5. The predicted octanol–water partition coefficient (Wildman–Crippen LogP) is 3.74. The van der Waals surface area contributed by atoms with Gasteiger partial charge >= 0.3 is 0 Å². The van der Waals surface area contributed by atoms with E-state index < -0.39 is 0 Å². The second-order valence-corrected chi connectivity index (χ2v) is 6.85. The maximum atomic E-state index is 12.1. The topological polar surface area (TPSA) is 46.3 Å². The molecule has 1 aliphatic carbocycles. The molecule has 1 amide bonds. The van der Waals surface area contributed by atoms with Gasteiger partial charge in [0.1, 0.15) is 0 Å². The molecule has 0 radical (unpaired) electrons. The van der Waals surface area contributed by atoms with Crippen LogP contribution in [0.4, 0.5) is 0 Å². The molecule has 1 rings (SSSR count). The first-order chi connectivity index (χ1) is 8.96. The third-order valence-electron chi connectivity index (χ3n) is 4.59. The predicted molar refractivity (Wildman–Crippen MR) is 88.2 cm³/mol. The quantitative estimate of drug-likeness (QED) is 0.728. The summed E-state index contributed by atoms with van der Waals surface area (Å²) in [5.74, 6) is 0.331. The number of unbranched alkanes of at least 4 members (excludes halogenated alkanes) is 3. The van der Waals surface area contributed by atoms with E-state index in [1.54, 1.807) is 0 Å². The molecule has 0 aliphatic heterocycles. The molecule has 0 atom stereocenters. The summed E-state index contributed by atoms with van der Waals surface area (Å²) in [4.78, 5) is 14.1. The number of carbonyl (C=O) groups is 1. The molecule has 2 N–H and O–H groups in total. The molecule has 20 heavy (non-hydrogen) atoms. The van der Waals surface area contributed by atoms with Crippen molar-refractivity contribution in [3.63, 3.8) is 0 Å². The van der Waals surface area contributed by atoms with Gasteiger partial charge in [0.05, 0.1) is 0 Å². The van der Waals surface area contributed by atoms with Crippen LogP contribution in [0.5, 0.6) is 0 Å². The summed E-state index contributed by atoms with van der Waals surface area (Å²) in [6.45, 7) is 5.44. The standard InChI is InChI=1S/C16H32N2O.ClH/c1-16(2)11-9-14(10-12-16)18(3)15(19)8-6-4-5-7-13-17;/h14H,4-13,17H2,1-3H3;1H. The van der Waals surface area contributed by atoms with Crippen molar-refractivity contribution in [1.29, 1.82) is 0 Å². The molecular weight excluding hydrogens is 272 g/mol. The van der Waals surface area contributed by atoms with Crippen LogP contribution in [0.3, 0.4) is 0 Å². The number of amides is 1. The Morgan fingerprint density at radius 2 is 1.70 bits per heavy atom. The van der Waals surface area contributed by atoms with Crippen LogP contribution in [-0.2, 0) is 4.79 Å². The molecule has 120 valence electrons. The lowest BCUT2D eigenvalue weighted by atomic mass is 9.75. The normalized spacial score (nSPS) is 18.4. The molecule has 3 nitrogen and oxygen atoms in total. The van der Waals surface area contributed by atoms with Crippen LogP contribution < -0.4 is 5.73 Å². The Morgan fingerprint density at radius 1 is 1.15 bits per heavy atom. The molecule has 0 aromatic heterocycles. The van der Waals surface area contributed by atoms with E-state index in [2.05, 4.69) is 13.8 Å². The maximum absolute atomic E-state index is 12.1. The van der Waals surface area contributed by atoms with Crippen LogP contribution in [-0.4, -0.2) is 30.4 Å². The van der Waals surface area contributed by atoms with E-state index in [1.807, 2.05) is 11.9 Å². The minimum absolute atomic E-state index is 0. The highest BCUT2D eigenvalue weighted by Gasteiger charge is 2.30. The molecule has 1 aliphatic rings. The number of nitrogens with two attached hydrogens (primary N) is 1. The fraction of sp³-hybridized carbons (Fsp3) is 0.938. The third kappa shape index (κ3) is 6.94. The second kappa shape index (κ2) is 9.62. The van der Waals surface area contributed by atoms with Gasteiger partial charge < -0.3 is 10.6 Å². The lowest BCUT2D eigenvalue weighted by molar-refractivity contribution is -0.133. The summed E-state index contributed by atoms with van der Waals surface area (Å²) >= 11 is 0. The summed E-state index contributed by atoms with van der Waals surface area (Å²) in [6.07, 6.45) is 9.92. The summed E-state index contributed by atoms with van der Waals surface area (Å²) in [5, 5.41) is 0. The Morgan fingerprint density at radius 3 is 2.25 bits per heavy atom. The molecule has 0 spiro atoms. The summed E-state index contributed by atoms with van der Waals surface area (Å²) in [5.41, 5.74) is 5.94. The van der Waals surface area contributed by atoms with Crippen molar-refractivity contribution >= 4 is 18.3 Å². The molecule has 0 aromatic carbocycles. The van der Waals surface area contributed by atoms with Gasteiger partial charge in [-0.1, -0.05) is 26.7 Å². The Labute approximate surface area is 131 Å². The van der Waals surface area contributed by atoms with E-state index in [1.165, 1.54) is 25.7 Å². The highest BCUT2D eigenvalue weighted by Crippen LogP contribution is 2.36. The smallest absolute Gasteiger partial charge is 0.222 e. The lowest BCUT2D eigenvalue weighted by Crippen LogP contribution is -2.40. The molecule has 0 heterocycles. The first-order valence-corrected chi connectivity index (χ1v) is 7.92. The van der Waals surface area contributed by atoms with Crippen molar-refractivity contribution in [3.05, 3.63) is 0 Å². The largest absolute Gasteiger partial charge is 0.343 e. The summed E-state index contributed by atoms with van der Waals surface area (Å²) < 4.78 is 0. The fourth-order valence-corrected chi connectivity index (χ4v) is 2.93. The summed E-state index contributed by atoms with van der Waals surface area (Å²) in [7, 11) is 1.99. The Hall–Kier alpha value is -0.280. The van der Waals surface area contributed by atoms with Gasteiger partial charge in [-0.3, -0.25) is 4.79 Å². The fourth-order valence-electron chi connectivity index (χ4n) is 2.93. The van der Waals surface area contributed by atoms with Crippen molar-refractivity contribution in [1.82, 2.24) is 4.90 Å². The Kier molecular flexibility index (Phi) is 9.48. The van der Waals surface area contributed by atoms with Gasteiger partial charge in [-0.2, -0.15) is 0 Å². The second-order valence-electron chi connectivity index (χ2n) is 6.85. The van der Waals surface area contributed by atoms with Gasteiger partial charge in [0.2, 0.25) is 5.91 Å². The molecule has 0 bridgehead atoms. The monoisotopic (exact) mass is 304 g/mol. The van der Waals surface area contributed by atoms with Crippen LogP contribution in [0, 0.1) is 5.41 Å². The summed E-state index contributed by atoms with van der Waals surface area (Å²) in [6, 6.07) is 0.476. The molecule has 0 saturated heterocycles. The first-order valence-electron chi connectivity index (χ1n) is 7.92. The molecule has 0 aromatic rings. The van der Waals surface area contributed by atoms with Crippen LogP contribution in [0.2, 0.25) is 0 Å². The van der Waals surface area contributed by atoms with Crippen LogP contribution >= 0.6 is 12.4 Å². The number of hydrogen-bond donors (Lipinski definition) is 1. The number of rotatable bonds is 7. The van der Waals surface area contributed by atoms with E-state index in [0.717, 1.165) is 32.2 Å². The van der Waals surface area contributed by atoms with E-state index in [0.29, 0.717) is 23.8 Å². The SMILES string of the molecule is CN(C(=O)CCCCCCN)C1CCC(C)(C)CC1.Cl. The average Bonchev–Trinajstić information content (AvgIpc) is 2.37. The molecule has 4 heteroatoms. The van der Waals surface area contributed by atoms with E-state index in [9.17, 15) is 4.79 Å². The van der Waals surface area contributed by atoms with Crippen LogP contribution in [0.25, 0.3) is 0 Å². The van der Waals surface area contributed by atoms with Crippen molar-refractivity contribution in [3.8, 4) is 0 Å². The number of halogens is 1. The number of nitrogens with zero attached hydrogens (tertiary/aromatic N) is 1. The van der Waals surface area contributed by atoms with Gasteiger partial charge in [0, 0.05) is 19.5 Å². The maximum Gasteiger partial charge on any atom is 0.222 e. The van der Waals surface area contributed by atoms with E-state index >= 15 is 0 Å². The molecular formula is C16H33ClN2O. The number of hydrogen-bond acceptors (Lipinski definition) is 2. The molecule has 1 fully saturated rings. The first kappa shape index (κ1) is 19.7. The van der Waals surface area contributed by atoms with Gasteiger partial charge in [-0.05, 0) is 50.5 Å². The van der Waals surface area contributed by atoms with E-state index in [4.69, 9.17) is 5.73 Å². The van der Waals surface area contributed by atoms with Gasteiger partial charge in [0.25, 0.3) is 0 Å². The highest BCUT2D eigenvalue weighted by molar-refractivity contribution is 5.85. The van der Waals surface area contributed by atoms with Crippen LogP contribution in [0.15, 0.2) is 0 Å². The zero-order chi connectivity index (χ0) is 14.3. The van der Waals surface area contributed by atoms with Crippen molar-refractivity contribution in [2.75, 3.05) is 13.6 Å². The van der Waals surface area contributed by atoms with E-state index in [-0.39, 0.29) is 12.4 Å². The number of carbonyl (C=O) groups excluding carboxylic acids is 1. The van der Waals surface area contributed by atoms with Crippen molar-refractivity contribution < 1.29 is 4.79 Å². The van der Waals surface area contributed by atoms with Crippen molar-refractivity contribution in [2.24, 2.45) is 11.1 Å². The minimum atomic E-state index is 0. The molecule has 0 unspecified atom stereocenters. The van der Waals surface area contributed by atoms with Crippen LogP contribution in [0.1, 0.15) is 71.6 Å². The molecule has 1 saturated carbocycles. The average molecular weight is 305 g/mol. The third-order valence-corrected chi connectivity index (χ3v) is 4.59. The van der Waals surface area contributed by atoms with Gasteiger partial charge in [-0.25, -0.2) is 0 Å². The Balaban J connectivity index is 0.00000361. The van der Waals surface area contributed by atoms with Crippen molar-refractivity contribution in [2.45, 2.75) is 77.7 Å². The van der Waals surface area contributed by atoms with Gasteiger partial charge in [0.15, 0.2) is 0 Å². The lowest BCUT2D eigenvalue weighted by Gasteiger charge is -2.38. The zero-order valence-electron chi connectivity index (χ0n) is 13.5.